The highest BCUT2D eigenvalue weighted by atomic mass is 16.5. The van der Waals surface area contributed by atoms with Gasteiger partial charge in [0.05, 0.1) is 0 Å². The fourth-order valence-electron chi connectivity index (χ4n) is 2.20. The van der Waals surface area contributed by atoms with Gasteiger partial charge in [0.1, 0.15) is 13.2 Å². The summed E-state index contributed by atoms with van der Waals surface area (Å²) in [5.74, 6) is -0.439. The molecule has 0 bridgehead atoms. The minimum Gasteiger partial charge on any atom is -0.362 e. The van der Waals surface area contributed by atoms with Crippen LogP contribution in [0.15, 0.2) is 60.7 Å². The number of carbonyl (C=O) groups is 2. The third kappa shape index (κ3) is 5.21. The average Bonchev–Trinajstić information content (AvgIpc) is 2.62. The molecule has 0 aliphatic heterocycles. The van der Waals surface area contributed by atoms with Crippen molar-refractivity contribution < 1.29 is 14.3 Å². The highest BCUT2D eigenvalue weighted by Gasteiger charge is 2.18. The zero-order valence-electron chi connectivity index (χ0n) is 13.8. The van der Waals surface area contributed by atoms with E-state index in [0.29, 0.717) is 6.54 Å². The number of hydrogen-bond donors (Lipinski definition) is 1. The van der Waals surface area contributed by atoms with Crippen molar-refractivity contribution in [1.82, 2.24) is 5.32 Å². The van der Waals surface area contributed by atoms with Crippen molar-refractivity contribution in [2.24, 2.45) is 0 Å². The molecule has 0 fully saturated rings. The monoisotopic (exact) mass is 326 g/mol. The van der Waals surface area contributed by atoms with Crippen molar-refractivity contribution in [3.05, 3.63) is 60.7 Å². The number of nitrogens with zero attached hydrogens (tertiary/aromatic N) is 1. The van der Waals surface area contributed by atoms with Crippen molar-refractivity contribution >= 4 is 23.2 Å². The Morgan fingerprint density at radius 2 is 1.46 bits per heavy atom. The summed E-state index contributed by atoms with van der Waals surface area (Å²) >= 11 is 0. The van der Waals surface area contributed by atoms with Gasteiger partial charge in [-0.3, -0.25) is 14.5 Å². The lowest BCUT2D eigenvalue weighted by Gasteiger charge is -2.23. The first kappa shape index (κ1) is 17.7. The van der Waals surface area contributed by atoms with Gasteiger partial charge >= 0.3 is 0 Å². The third-order valence-corrected chi connectivity index (χ3v) is 3.31. The Balaban J connectivity index is 2.02. The number of nitrogens with one attached hydrogen (secondary N) is 1. The summed E-state index contributed by atoms with van der Waals surface area (Å²) in [6.07, 6.45) is 0.862. The van der Waals surface area contributed by atoms with Crippen LogP contribution in [0.25, 0.3) is 0 Å². The number of rotatable bonds is 8. The first-order valence-electron chi connectivity index (χ1n) is 8.00. The number of benzene rings is 2. The summed E-state index contributed by atoms with van der Waals surface area (Å²) in [4.78, 5) is 25.7. The Morgan fingerprint density at radius 1 is 0.917 bits per heavy atom. The van der Waals surface area contributed by atoms with Crippen LogP contribution < -0.4 is 10.2 Å². The van der Waals surface area contributed by atoms with Crippen LogP contribution in [-0.2, 0) is 14.3 Å². The van der Waals surface area contributed by atoms with Crippen LogP contribution in [0.1, 0.15) is 13.3 Å². The maximum Gasteiger partial charge on any atom is 0.257 e. The van der Waals surface area contributed by atoms with E-state index in [4.69, 9.17) is 4.74 Å². The first-order valence-corrected chi connectivity index (χ1v) is 8.00. The second-order valence-corrected chi connectivity index (χ2v) is 5.24. The Kier molecular flexibility index (Phi) is 6.98. The molecule has 1 N–H and O–H groups in total. The molecule has 0 radical (unpaired) electrons. The molecule has 24 heavy (non-hydrogen) atoms. The second-order valence-electron chi connectivity index (χ2n) is 5.24. The number of anilines is 2. The van der Waals surface area contributed by atoms with E-state index >= 15 is 0 Å². The molecular formula is C19H22N2O3. The molecule has 0 aliphatic carbocycles. The summed E-state index contributed by atoms with van der Waals surface area (Å²) in [5, 5.41) is 2.71. The van der Waals surface area contributed by atoms with Gasteiger partial charge in [-0.1, -0.05) is 43.3 Å². The molecule has 0 saturated heterocycles. The van der Waals surface area contributed by atoms with Crippen molar-refractivity contribution in [1.29, 1.82) is 0 Å². The molecule has 0 aliphatic rings. The van der Waals surface area contributed by atoms with E-state index in [1.807, 2.05) is 67.6 Å². The molecule has 5 heteroatoms. The molecule has 126 valence electrons. The SMILES string of the molecule is CCCNC(=O)COCC(=O)N(c1ccccc1)c1ccccc1. The smallest absolute Gasteiger partial charge is 0.257 e. The molecule has 0 spiro atoms. The summed E-state index contributed by atoms with van der Waals surface area (Å²) < 4.78 is 5.27. The number of amides is 2. The van der Waals surface area contributed by atoms with Crippen molar-refractivity contribution in [3.8, 4) is 0 Å². The zero-order chi connectivity index (χ0) is 17.2. The standard InChI is InChI=1S/C19H22N2O3/c1-2-13-20-18(22)14-24-15-19(23)21(16-9-5-3-6-10-16)17-11-7-4-8-12-17/h3-12H,2,13-15H2,1H3,(H,20,22). The van der Waals surface area contributed by atoms with Gasteiger partial charge in [0, 0.05) is 17.9 Å². The predicted molar refractivity (Wildman–Crippen MR) is 94.1 cm³/mol. The number of para-hydroxylation sites is 2. The van der Waals surface area contributed by atoms with Gasteiger partial charge in [-0.25, -0.2) is 0 Å². The van der Waals surface area contributed by atoms with Crippen LogP contribution in [0.5, 0.6) is 0 Å². The van der Waals surface area contributed by atoms with Gasteiger partial charge in [0.2, 0.25) is 5.91 Å². The lowest BCUT2D eigenvalue weighted by Crippen LogP contribution is -2.33. The largest absolute Gasteiger partial charge is 0.362 e. The van der Waals surface area contributed by atoms with E-state index in [2.05, 4.69) is 5.32 Å². The van der Waals surface area contributed by atoms with Crippen LogP contribution in [0.2, 0.25) is 0 Å². The first-order chi connectivity index (χ1) is 11.7. The average molecular weight is 326 g/mol. The molecule has 5 nitrogen and oxygen atoms in total. The number of ether oxygens (including phenoxy) is 1. The minimum atomic E-state index is -0.226. The van der Waals surface area contributed by atoms with Crippen LogP contribution in [0.4, 0.5) is 11.4 Å². The van der Waals surface area contributed by atoms with E-state index in [9.17, 15) is 9.59 Å². The highest BCUT2D eigenvalue weighted by Crippen LogP contribution is 2.24. The molecular weight excluding hydrogens is 304 g/mol. The van der Waals surface area contributed by atoms with E-state index in [1.54, 1.807) is 4.90 Å². The molecule has 0 aromatic heterocycles. The Hall–Kier alpha value is -2.66. The van der Waals surface area contributed by atoms with Gasteiger partial charge in [-0.05, 0) is 30.7 Å². The van der Waals surface area contributed by atoms with Gasteiger partial charge in [-0.15, -0.1) is 0 Å². The molecule has 2 aromatic carbocycles. The summed E-state index contributed by atoms with van der Waals surface area (Å²) in [6.45, 7) is 2.30. The normalized spacial score (nSPS) is 10.2. The van der Waals surface area contributed by atoms with Crippen molar-refractivity contribution in [2.45, 2.75) is 13.3 Å². The maximum absolute atomic E-state index is 12.6. The molecule has 0 saturated carbocycles. The van der Waals surface area contributed by atoms with E-state index in [0.717, 1.165) is 17.8 Å². The van der Waals surface area contributed by atoms with Crippen LogP contribution in [0.3, 0.4) is 0 Å². The van der Waals surface area contributed by atoms with E-state index in [-0.39, 0.29) is 25.0 Å². The van der Waals surface area contributed by atoms with E-state index in [1.165, 1.54) is 0 Å². The molecule has 0 heterocycles. The van der Waals surface area contributed by atoms with Gasteiger partial charge in [-0.2, -0.15) is 0 Å². The van der Waals surface area contributed by atoms with Crippen molar-refractivity contribution in [2.75, 3.05) is 24.7 Å². The fourth-order valence-corrected chi connectivity index (χ4v) is 2.20. The zero-order valence-corrected chi connectivity index (χ0v) is 13.8. The molecule has 0 atom stereocenters. The Bertz CT molecular complexity index is 605. The second kappa shape index (κ2) is 9.47. The maximum atomic E-state index is 12.6. The Morgan fingerprint density at radius 3 is 1.96 bits per heavy atom. The molecule has 2 rings (SSSR count). The van der Waals surface area contributed by atoms with Crippen LogP contribution >= 0.6 is 0 Å². The fraction of sp³-hybridized carbons (Fsp3) is 0.263. The van der Waals surface area contributed by atoms with Gasteiger partial charge in [0.15, 0.2) is 0 Å². The Labute approximate surface area is 142 Å². The molecule has 2 aromatic rings. The van der Waals surface area contributed by atoms with Gasteiger partial charge < -0.3 is 10.1 Å². The van der Waals surface area contributed by atoms with Gasteiger partial charge in [0.25, 0.3) is 5.91 Å². The van der Waals surface area contributed by atoms with Crippen molar-refractivity contribution in [3.63, 3.8) is 0 Å². The van der Waals surface area contributed by atoms with E-state index < -0.39 is 0 Å². The number of hydrogen-bond acceptors (Lipinski definition) is 3. The van der Waals surface area contributed by atoms with Crippen LogP contribution in [-0.4, -0.2) is 31.6 Å². The lowest BCUT2D eigenvalue weighted by atomic mass is 10.2. The molecule has 0 unspecified atom stereocenters. The highest BCUT2D eigenvalue weighted by molar-refractivity contribution is 6.01. The summed E-state index contributed by atoms with van der Waals surface area (Å²) in [5.41, 5.74) is 1.51. The predicted octanol–water partition coefficient (Wildman–Crippen LogP) is 2.89. The lowest BCUT2D eigenvalue weighted by molar-refractivity contribution is -0.129. The minimum absolute atomic E-state index is 0.122. The topological polar surface area (TPSA) is 58.6 Å². The third-order valence-electron chi connectivity index (χ3n) is 3.31. The van der Waals surface area contributed by atoms with Crippen LogP contribution in [0, 0.1) is 0 Å². The summed E-state index contributed by atoms with van der Waals surface area (Å²) in [7, 11) is 0. The summed E-state index contributed by atoms with van der Waals surface area (Å²) in [6, 6.07) is 18.7. The quantitative estimate of drug-likeness (QED) is 0.811. The molecule has 2 amide bonds. The number of carbonyl (C=O) groups excluding carboxylic acids is 2.